The van der Waals surface area contributed by atoms with Crippen molar-refractivity contribution in [2.24, 2.45) is 5.92 Å². The van der Waals surface area contributed by atoms with Gasteiger partial charge in [0.05, 0.1) is 0 Å². The first-order valence-electron chi connectivity index (χ1n) is 6.06. The van der Waals surface area contributed by atoms with Crippen molar-refractivity contribution < 1.29 is 0 Å². The molecule has 0 radical (unpaired) electrons. The van der Waals surface area contributed by atoms with E-state index in [9.17, 15) is 0 Å². The number of nitrogens with zero attached hydrogens (tertiary/aromatic N) is 1. The van der Waals surface area contributed by atoms with Gasteiger partial charge in [0.25, 0.3) is 0 Å². The molecule has 2 heteroatoms. The molecular weight excluding hydrogens is 172 g/mol. The first-order valence-corrected chi connectivity index (χ1v) is 6.06. The van der Waals surface area contributed by atoms with Crippen molar-refractivity contribution in [3.05, 3.63) is 0 Å². The summed E-state index contributed by atoms with van der Waals surface area (Å²) in [6.07, 6.45) is 3.95. The minimum absolute atomic E-state index is 0.707. The van der Waals surface area contributed by atoms with E-state index < -0.39 is 0 Å². The van der Waals surface area contributed by atoms with Crippen molar-refractivity contribution in [2.75, 3.05) is 20.1 Å². The molecular formula is C12H26N2. The molecule has 2 nitrogen and oxygen atoms in total. The Morgan fingerprint density at radius 3 is 2.57 bits per heavy atom. The molecule has 84 valence electrons. The summed E-state index contributed by atoms with van der Waals surface area (Å²) < 4.78 is 0. The molecule has 1 rings (SSSR count). The quantitative estimate of drug-likeness (QED) is 0.744. The zero-order valence-corrected chi connectivity index (χ0v) is 10.2. The average molecular weight is 198 g/mol. The van der Waals surface area contributed by atoms with Crippen molar-refractivity contribution in [2.45, 2.75) is 52.1 Å². The van der Waals surface area contributed by atoms with Gasteiger partial charge in [-0.25, -0.2) is 0 Å². The van der Waals surface area contributed by atoms with E-state index in [2.05, 4.69) is 38.0 Å². The molecule has 1 aliphatic heterocycles. The second kappa shape index (κ2) is 5.72. The van der Waals surface area contributed by atoms with E-state index in [1.165, 1.54) is 32.4 Å². The number of likely N-dealkylation sites (N-methyl/N-ethyl adjacent to an activating group) is 1. The summed E-state index contributed by atoms with van der Waals surface area (Å²) >= 11 is 0. The number of nitrogens with one attached hydrogen (secondary N) is 1. The highest BCUT2D eigenvalue weighted by molar-refractivity contribution is 4.83. The first kappa shape index (κ1) is 12.0. The van der Waals surface area contributed by atoms with Gasteiger partial charge >= 0.3 is 0 Å². The standard InChI is InChI=1S/C12H26N2/c1-5-6-14(4)9-12-8-10(2)7-11(3)13-12/h10-13H,5-9H2,1-4H3. The lowest BCUT2D eigenvalue weighted by Crippen LogP contribution is -2.48. The molecule has 1 aliphatic rings. The van der Waals surface area contributed by atoms with E-state index >= 15 is 0 Å². The highest BCUT2D eigenvalue weighted by atomic mass is 15.1. The molecule has 1 heterocycles. The molecule has 1 N–H and O–H groups in total. The molecule has 1 saturated heterocycles. The molecule has 0 saturated carbocycles. The van der Waals surface area contributed by atoms with Gasteiger partial charge in [-0.05, 0) is 45.7 Å². The first-order chi connectivity index (χ1) is 6.61. The average Bonchev–Trinajstić information content (AvgIpc) is 2.01. The van der Waals surface area contributed by atoms with Crippen LogP contribution in [-0.2, 0) is 0 Å². The highest BCUT2D eigenvalue weighted by Crippen LogP contribution is 2.19. The Morgan fingerprint density at radius 2 is 2.00 bits per heavy atom. The van der Waals surface area contributed by atoms with E-state index in [1.807, 2.05) is 0 Å². The summed E-state index contributed by atoms with van der Waals surface area (Å²) in [5.41, 5.74) is 0. The minimum Gasteiger partial charge on any atom is -0.310 e. The minimum atomic E-state index is 0.707. The van der Waals surface area contributed by atoms with Crippen LogP contribution in [0.4, 0.5) is 0 Å². The van der Waals surface area contributed by atoms with Gasteiger partial charge in [-0.3, -0.25) is 0 Å². The third-order valence-corrected chi connectivity index (χ3v) is 3.10. The predicted octanol–water partition coefficient (Wildman–Crippen LogP) is 2.10. The van der Waals surface area contributed by atoms with Gasteiger partial charge in [0, 0.05) is 18.6 Å². The van der Waals surface area contributed by atoms with Crippen LogP contribution in [0.2, 0.25) is 0 Å². The van der Waals surface area contributed by atoms with Crippen LogP contribution in [0.15, 0.2) is 0 Å². The Balaban J connectivity index is 2.29. The lowest BCUT2D eigenvalue weighted by atomic mass is 9.90. The fourth-order valence-electron chi connectivity index (χ4n) is 2.70. The topological polar surface area (TPSA) is 15.3 Å². The fraction of sp³-hybridized carbons (Fsp3) is 1.00. The van der Waals surface area contributed by atoms with Crippen LogP contribution in [0, 0.1) is 5.92 Å². The molecule has 0 aromatic carbocycles. The Morgan fingerprint density at radius 1 is 1.29 bits per heavy atom. The van der Waals surface area contributed by atoms with Crippen molar-refractivity contribution in [3.8, 4) is 0 Å². The summed E-state index contributed by atoms with van der Waals surface area (Å²) in [7, 11) is 2.23. The van der Waals surface area contributed by atoms with Crippen LogP contribution in [0.5, 0.6) is 0 Å². The summed E-state index contributed by atoms with van der Waals surface area (Å²) in [5, 5.41) is 3.69. The summed E-state index contributed by atoms with van der Waals surface area (Å²) in [6.45, 7) is 9.37. The van der Waals surface area contributed by atoms with Gasteiger partial charge in [0.15, 0.2) is 0 Å². The molecule has 0 amide bonds. The van der Waals surface area contributed by atoms with Crippen molar-refractivity contribution >= 4 is 0 Å². The summed E-state index contributed by atoms with van der Waals surface area (Å²) in [5.74, 6) is 0.895. The van der Waals surface area contributed by atoms with Crippen LogP contribution in [0.25, 0.3) is 0 Å². The van der Waals surface area contributed by atoms with Gasteiger partial charge in [-0.1, -0.05) is 13.8 Å². The van der Waals surface area contributed by atoms with Gasteiger partial charge in [0.2, 0.25) is 0 Å². The second-order valence-corrected chi connectivity index (χ2v) is 5.10. The molecule has 0 bridgehead atoms. The van der Waals surface area contributed by atoms with Gasteiger partial charge in [-0.15, -0.1) is 0 Å². The number of hydrogen-bond donors (Lipinski definition) is 1. The lowest BCUT2D eigenvalue weighted by Gasteiger charge is -2.35. The maximum atomic E-state index is 3.69. The Hall–Kier alpha value is -0.0800. The van der Waals surface area contributed by atoms with E-state index in [0.29, 0.717) is 12.1 Å². The molecule has 0 spiro atoms. The number of rotatable bonds is 4. The molecule has 1 fully saturated rings. The Kier molecular flexibility index (Phi) is 4.90. The number of hydrogen-bond acceptors (Lipinski definition) is 2. The second-order valence-electron chi connectivity index (χ2n) is 5.10. The number of piperidine rings is 1. The molecule has 0 aliphatic carbocycles. The van der Waals surface area contributed by atoms with Crippen LogP contribution in [-0.4, -0.2) is 37.1 Å². The Labute approximate surface area is 89.1 Å². The summed E-state index contributed by atoms with van der Waals surface area (Å²) in [6, 6.07) is 1.42. The summed E-state index contributed by atoms with van der Waals surface area (Å²) in [4.78, 5) is 2.45. The third-order valence-electron chi connectivity index (χ3n) is 3.10. The molecule has 0 aromatic heterocycles. The monoisotopic (exact) mass is 198 g/mol. The van der Waals surface area contributed by atoms with Crippen LogP contribution < -0.4 is 5.32 Å². The molecule has 3 unspecified atom stereocenters. The SMILES string of the molecule is CCCN(C)CC1CC(C)CC(C)N1. The van der Waals surface area contributed by atoms with E-state index in [1.54, 1.807) is 0 Å². The maximum absolute atomic E-state index is 3.69. The lowest BCUT2D eigenvalue weighted by molar-refractivity contribution is 0.207. The zero-order valence-electron chi connectivity index (χ0n) is 10.2. The van der Waals surface area contributed by atoms with E-state index in [-0.39, 0.29) is 0 Å². The largest absolute Gasteiger partial charge is 0.310 e. The Bertz CT molecular complexity index is 148. The van der Waals surface area contributed by atoms with Gasteiger partial charge in [0.1, 0.15) is 0 Å². The normalized spacial score (nSPS) is 33.6. The predicted molar refractivity (Wildman–Crippen MR) is 62.6 cm³/mol. The van der Waals surface area contributed by atoms with Crippen molar-refractivity contribution in [3.63, 3.8) is 0 Å². The van der Waals surface area contributed by atoms with Crippen LogP contribution in [0.3, 0.4) is 0 Å². The molecule has 14 heavy (non-hydrogen) atoms. The third kappa shape index (κ3) is 3.97. The maximum Gasteiger partial charge on any atom is 0.0199 e. The fourth-order valence-corrected chi connectivity index (χ4v) is 2.70. The molecule has 0 aromatic rings. The van der Waals surface area contributed by atoms with E-state index in [4.69, 9.17) is 0 Å². The smallest absolute Gasteiger partial charge is 0.0199 e. The van der Waals surface area contributed by atoms with Crippen LogP contribution in [0.1, 0.15) is 40.0 Å². The van der Waals surface area contributed by atoms with Gasteiger partial charge < -0.3 is 10.2 Å². The highest BCUT2D eigenvalue weighted by Gasteiger charge is 2.23. The van der Waals surface area contributed by atoms with Crippen molar-refractivity contribution in [1.82, 2.24) is 10.2 Å². The van der Waals surface area contributed by atoms with Crippen LogP contribution >= 0.6 is 0 Å². The zero-order chi connectivity index (χ0) is 10.6. The van der Waals surface area contributed by atoms with Crippen molar-refractivity contribution in [1.29, 1.82) is 0 Å². The molecule has 3 atom stereocenters. The van der Waals surface area contributed by atoms with E-state index in [0.717, 1.165) is 5.92 Å². The van der Waals surface area contributed by atoms with Gasteiger partial charge in [-0.2, -0.15) is 0 Å².